The number of para-hydroxylation sites is 1. The number of pyridine rings is 1. The molecular weight excluding hydrogens is 414 g/mol. The van der Waals surface area contributed by atoms with Crippen molar-refractivity contribution in [1.82, 2.24) is 0 Å². The zero-order valence-electron chi connectivity index (χ0n) is 21.0. The topological polar surface area (TPSA) is 13.1 Å². The van der Waals surface area contributed by atoms with E-state index in [1.54, 1.807) is 0 Å². The van der Waals surface area contributed by atoms with Gasteiger partial charge in [-0.3, -0.25) is 0 Å². The molecule has 2 heterocycles. The van der Waals surface area contributed by atoms with Crippen LogP contribution < -0.4 is 9.30 Å². The molecule has 2 saturated carbocycles. The van der Waals surface area contributed by atoms with Gasteiger partial charge in [0.2, 0.25) is 11.3 Å². The monoisotopic (exact) mass is 448 g/mol. The fraction of sp³-hybridized carbons (Fsp3) is 0.406. The predicted octanol–water partition coefficient (Wildman–Crippen LogP) is 8.23. The van der Waals surface area contributed by atoms with E-state index in [1.165, 1.54) is 80.9 Å². The first-order valence-corrected chi connectivity index (χ1v) is 13.1. The van der Waals surface area contributed by atoms with Crippen LogP contribution in [0.25, 0.3) is 32.9 Å². The SMILES string of the molecule is Cc1cc2cc(C(C)C)cc3c2c(c1C)-c1c(c(C2CC4CCC2C4)c2ccccc2[n+]1C)O3. The Bertz CT molecular complexity index is 1510. The van der Waals surface area contributed by atoms with E-state index in [1.807, 2.05) is 0 Å². The molecule has 2 heteroatoms. The Morgan fingerprint density at radius 3 is 2.56 bits per heavy atom. The third-order valence-electron chi connectivity index (χ3n) is 9.32. The van der Waals surface area contributed by atoms with Crippen LogP contribution in [0.2, 0.25) is 0 Å². The minimum Gasteiger partial charge on any atom is -0.449 e. The molecule has 0 amide bonds. The van der Waals surface area contributed by atoms with Crippen molar-refractivity contribution in [2.75, 3.05) is 0 Å². The van der Waals surface area contributed by atoms with Gasteiger partial charge in [0.1, 0.15) is 12.8 Å². The molecule has 0 spiro atoms. The number of rotatable bonds is 2. The van der Waals surface area contributed by atoms with Gasteiger partial charge in [0.15, 0.2) is 0 Å². The van der Waals surface area contributed by atoms with Crippen molar-refractivity contribution in [3.05, 3.63) is 64.7 Å². The standard InChI is InChI=1S/C32H34NO/c1-17(2)22-15-23-12-18(3)19(4)28-29(23)27(16-22)34-32-30(25-14-20-10-11-21(25)13-20)24-8-6-7-9-26(24)33(5)31(28)32/h6-9,12,15-17,20-21,25H,10-11,13-14H2,1-5H3/q+1. The first kappa shape index (κ1) is 20.5. The molecule has 172 valence electrons. The number of benzene rings is 3. The maximum atomic E-state index is 7.05. The van der Waals surface area contributed by atoms with Crippen molar-refractivity contribution in [2.24, 2.45) is 18.9 Å². The molecule has 0 radical (unpaired) electrons. The average Bonchev–Trinajstić information content (AvgIpc) is 3.45. The van der Waals surface area contributed by atoms with Gasteiger partial charge in [-0.1, -0.05) is 44.5 Å². The van der Waals surface area contributed by atoms with Gasteiger partial charge in [-0.25, -0.2) is 0 Å². The highest BCUT2D eigenvalue weighted by Crippen LogP contribution is 2.59. The summed E-state index contributed by atoms with van der Waals surface area (Å²) in [6.07, 6.45) is 5.51. The smallest absolute Gasteiger partial charge is 0.257 e. The first-order chi connectivity index (χ1) is 16.4. The normalized spacial score (nSPS) is 22.6. The summed E-state index contributed by atoms with van der Waals surface area (Å²) in [7, 11) is 2.23. The Morgan fingerprint density at radius 2 is 1.82 bits per heavy atom. The lowest BCUT2D eigenvalue weighted by molar-refractivity contribution is -0.633. The molecular formula is C32H34NO+. The van der Waals surface area contributed by atoms with Gasteiger partial charge in [0.05, 0.1) is 10.9 Å². The summed E-state index contributed by atoms with van der Waals surface area (Å²) in [6.45, 7) is 9.12. The van der Waals surface area contributed by atoms with Crippen LogP contribution in [-0.4, -0.2) is 0 Å². The highest BCUT2D eigenvalue weighted by Gasteiger charge is 2.45. The van der Waals surface area contributed by atoms with Crippen molar-refractivity contribution in [1.29, 1.82) is 0 Å². The Labute approximate surface area is 202 Å². The first-order valence-electron chi connectivity index (χ1n) is 13.1. The quantitative estimate of drug-likeness (QED) is 0.248. The molecule has 1 aromatic heterocycles. The lowest BCUT2D eigenvalue weighted by Crippen LogP contribution is -2.35. The van der Waals surface area contributed by atoms with Crippen LogP contribution in [0.4, 0.5) is 0 Å². The molecule has 2 nitrogen and oxygen atoms in total. The van der Waals surface area contributed by atoms with E-state index < -0.39 is 0 Å². The minimum atomic E-state index is 0.466. The fourth-order valence-electron chi connectivity index (χ4n) is 7.45. The van der Waals surface area contributed by atoms with Crippen molar-refractivity contribution >= 4 is 21.7 Å². The van der Waals surface area contributed by atoms with Crippen molar-refractivity contribution < 1.29 is 9.30 Å². The van der Waals surface area contributed by atoms with E-state index in [0.717, 1.165) is 23.3 Å². The largest absolute Gasteiger partial charge is 0.449 e. The van der Waals surface area contributed by atoms with Gasteiger partial charge in [0.25, 0.3) is 5.69 Å². The number of aryl methyl sites for hydroxylation is 2. The summed E-state index contributed by atoms with van der Waals surface area (Å²) in [5.41, 5.74) is 9.53. The number of aromatic nitrogens is 1. The van der Waals surface area contributed by atoms with Crippen LogP contribution in [0.5, 0.6) is 11.5 Å². The Hall–Kier alpha value is -2.87. The van der Waals surface area contributed by atoms with E-state index in [-0.39, 0.29) is 0 Å². The molecule has 3 atom stereocenters. The van der Waals surface area contributed by atoms with Crippen molar-refractivity contribution in [3.8, 4) is 22.8 Å². The van der Waals surface area contributed by atoms with E-state index >= 15 is 0 Å². The lowest BCUT2D eigenvalue weighted by Gasteiger charge is -2.29. The maximum absolute atomic E-state index is 7.05. The summed E-state index contributed by atoms with van der Waals surface area (Å²) < 4.78 is 9.46. The lowest BCUT2D eigenvalue weighted by atomic mass is 9.79. The molecule has 1 aliphatic heterocycles. The Kier molecular flexibility index (Phi) is 4.26. The maximum Gasteiger partial charge on any atom is 0.257 e. The molecule has 0 saturated heterocycles. The predicted molar refractivity (Wildman–Crippen MR) is 140 cm³/mol. The average molecular weight is 449 g/mol. The summed E-state index contributed by atoms with van der Waals surface area (Å²) in [4.78, 5) is 0. The van der Waals surface area contributed by atoms with E-state index in [0.29, 0.717) is 11.8 Å². The second kappa shape index (κ2) is 7.07. The number of hydrogen-bond acceptors (Lipinski definition) is 1. The minimum absolute atomic E-state index is 0.466. The molecule has 3 unspecified atom stereocenters. The van der Waals surface area contributed by atoms with Crippen LogP contribution in [0.1, 0.15) is 73.6 Å². The second-order valence-corrected chi connectivity index (χ2v) is 11.5. The molecule has 4 aromatic rings. The van der Waals surface area contributed by atoms with E-state index in [4.69, 9.17) is 4.74 Å². The highest BCUT2D eigenvalue weighted by atomic mass is 16.5. The van der Waals surface area contributed by atoms with Gasteiger partial charge >= 0.3 is 0 Å². The molecule has 2 bridgehead atoms. The van der Waals surface area contributed by atoms with Gasteiger partial charge in [-0.05, 0) is 91.0 Å². The van der Waals surface area contributed by atoms with Gasteiger partial charge < -0.3 is 4.74 Å². The zero-order chi connectivity index (χ0) is 23.3. The van der Waals surface area contributed by atoms with E-state index in [9.17, 15) is 0 Å². The number of hydrogen-bond donors (Lipinski definition) is 0. The molecule has 34 heavy (non-hydrogen) atoms. The van der Waals surface area contributed by atoms with Crippen LogP contribution in [-0.2, 0) is 7.05 Å². The summed E-state index contributed by atoms with van der Waals surface area (Å²) in [5.74, 6) is 4.95. The molecule has 2 fully saturated rings. The van der Waals surface area contributed by atoms with Crippen molar-refractivity contribution in [2.45, 2.75) is 65.2 Å². The third kappa shape index (κ3) is 2.66. The van der Waals surface area contributed by atoms with Gasteiger partial charge in [-0.2, -0.15) is 4.57 Å². The zero-order valence-corrected chi connectivity index (χ0v) is 21.0. The summed E-state index contributed by atoms with van der Waals surface area (Å²) >= 11 is 0. The van der Waals surface area contributed by atoms with Crippen LogP contribution in [0.3, 0.4) is 0 Å². The molecule has 3 aromatic carbocycles. The highest BCUT2D eigenvalue weighted by molar-refractivity contribution is 6.06. The molecule has 0 N–H and O–H groups in total. The Balaban J connectivity index is 1.63. The fourth-order valence-corrected chi connectivity index (χ4v) is 7.45. The summed E-state index contributed by atoms with van der Waals surface area (Å²) in [6, 6.07) is 16.1. The van der Waals surface area contributed by atoms with Crippen molar-refractivity contribution in [3.63, 3.8) is 0 Å². The van der Waals surface area contributed by atoms with E-state index in [2.05, 4.69) is 81.8 Å². The number of nitrogens with zero attached hydrogens (tertiary/aromatic N) is 1. The Morgan fingerprint density at radius 1 is 1.00 bits per heavy atom. The summed E-state index contributed by atoms with van der Waals surface area (Å²) in [5, 5.41) is 3.97. The second-order valence-electron chi connectivity index (χ2n) is 11.5. The molecule has 7 rings (SSSR count). The number of ether oxygens (including phenoxy) is 1. The molecule has 2 aliphatic carbocycles. The molecule has 3 aliphatic rings. The van der Waals surface area contributed by atoms with Gasteiger partial charge in [0, 0.05) is 17.0 Å². The number of fused-ring (bicyclic) bond motifs is 5. The van der Waals surface area contributed by atoms with Gasteiger partial charge in [-0.15, -0.1) is 0 Å². The van der Waals surface area contributed by atoms with Crippen LogP contribution in [0, 0.1) is 25.7 Å². The van der Waals surface area contributed by atoms with Crippen LogP contribution >= 0.6 is 0 Å². The van der Waals surface area contributed by atoms with Crippen LogP contribution in [0.15, 0.2) is 42.5 Å². The third-order valence-corrected chi connectivity index (χ3v) is 9.32.